The molecule has 6 nitrogen and oxygen atoms in total. The molecule has 2 amide bonds. The Bertz CT molecular complexity index is 876. The van der Waals surface area contributed by atoms with Crippen molar-refractivity contribution in [1.29, 1.82) is 0 Å². The van der Waals surface area contributed by atoms with Crippen molar-refractivity contribution in [1.82, 2.24) is 4.90 Å². The number of primary amides is 1. The first-order valence-corrected chi connectivity index (χ1v) is 9.99. The zero-order chi connectivity index (χ0) is 22.4. The first kappa shape index (κ1) is 23.3. The smallest absolute Gasteiger partial charge is 0.240 e. The van der Waals surface area contributed by atoms with E-state index in [9.17, 15) is 19.1 Å². The summed E-state index contributed by atoms with van der Waals surface area (Å²) in [6.45, 7) is 5.60. The number of aromatic hydroxyl groups is 1. The molecule has 0 aliphatic rings. The van der Waals surface area contributed by atoms with Crippen molar-refractivity contribution in [2.45, 2.75) is 52.1 Å². The average Bonchev–Trinajstić information content (AvgIpc) is 2.68. The van der Waals surface area contributed by atoms with Crippen LogP contribution >= 0.6 is 0 Å². The van der Waals surface area contributed by atoms with Crippen molar-refractivity contribution in [2.75, 3.05) is 6.54 Å². The van der Waals surface area contributed by atoms with E-state index in [0.717, 1.165) is 22.3 Å². The number of halogens is 1. The molecule has 30 heavy (non-hydrogen) atoms. The number of carbonyl (C=O) groups excluding carboxylic acids is 2. The summed E-state index contributed by atoms with van der Waals surface area (Å²) in [6, 6.07) is 7.80. The Balaban J connectivity index is 2.10. The van der Waals surface area contributed by atoms with E-state index in [-0.39, 0.29) is 23.9 Å². The predicted octanol–water partition coefficient (Wildman–Crippen LogP) is 2.35. The summed E-state index contributed by atoms with van der Waals surface area (Å²) >= 11 is 0. The zero-order valence-electron chi connectivity index (χ0n) is 17.7. The van der Waals surface area contributed by atoms with Crippen molar-refractivity contribution in [3.05, 3.63) is 64.5 Å². The Labute approximate surface area is 176 Å². The van der Waals surface area contributed by atoms with E-state index in [4.69, 9.17) is 11.5 Å². The molecule has 2 rings (SSSR count). The summed E-state index contributed by atoms with van der Waals surface area (Å²) in [6.07, 6.45) is 1.50. The standard InChI is InChI=1S/C23H30FN3O3/c1-14-11-19(28)12-15(2)20(14)13-21(25)23(30)27(16(3)22(26)29)10-4-5-17-6-8-18(24)9-7-17/h6-9,11-12,16,21,28H,4-5,10,13,25H2,1-3H3,(H2,26,29)/t16-,21+/m1/s1. The number of carbonyl (C=O) groups is 2. The lowest BCUT2D eigenvalue weighted by molar-refractivity contribution is -0.139. The van der Waals surface area contributed by atoms with Gasteiger partial charge in [-0.15, -0.1) is 0 Å². The highest BCUT2D eigenvalue weighted by Crippen LogP contribution is 2.22. The monoisotopic (exact) mass is 415 g/mol. The van der Waals surface area contributed by atoms with Gasteiger partial charge in [0.1, 0.15) is 17.6 Å². The van der Waals surface area contributed by atoms with Crippen molar-refractivity contribution in [3.63, 3.8) is 0 Å². The number of hydrogen-bond donors (Lipinski definition) is 3. The maximum absolute atomic E-state index is 13.1. The molecular weight excluding hydrogens is 385 g/mol. The number of nitrogens with two attached hydrogens (primary N) is 2. The van der Waals surface area contributed by atoms with Crippen LogP contribution in [0.3, 0.4) is 0 Å². The highest BCUT2D eigenvalue weighted by atomic mass is 19.1. The number of phenols is 1. The molecule has 0 unspecified atom stereocenters. The van der Waals surface area contributed by atoms with E-state index in [0.29, 0.717) is 19.4 Å². The van der Waals surface area contributed by atoms with Crippen LogP contribution in [0.25, 0.3) is 0 Å². The van der Waals surface area contributed by atoms with E-state index in [1.54, 1.807) is 31.2 Å². The summed E-state index contributed by atoms with van der Waals surface area (Å²) in [5, 5.41) is 9.71. The van der Waals surface area contributed by atoms with Crippen LogP contribution < -0.4 is 11.5 Å². The van der Waals surface area contributed by atoms with Gasteiger partial charge in [-0.1, -0.05) is 12.1 Å². The van der Waals surface area contributed by atoms with Crippen molar-refractivity contribution < 1.29 is 19.1 Å². The second-order valence-electron chi connectivity index (χ2n) is 7.71. The summed E-state index contributed by atoms with van der Waals surface area (Å²) < 4.78 is 13.1. The Morgan fingerprint density at radius 2 is 1.70 bits per heavy atom. The van der Waals surface area contributed by atoms with Crippen LogP contribution in [0.1, 0.15) is 35.6 Å². The molecule has 0 heterocycles. The topological polar surface area (TPSA) is 110 Å². The fourth-order valence-electron chi connectivity index (χ4n) is 3.57. The van der Waals surface area contributed by atoms with Crippen LogP contribution in [0.15, 0.2) is 36.4 Å². The Morgan fingerprint density at radius 3 is 2.23 bits per heavy atom. The molecule has 0 saturated heterocycles. The molecule has 0 spiro atoms. The third-order valence-electron chi connectivity index (χ3n) is 5.36. The number of phenolic OH excluding ortho intramolecular Hbond substituents is 1. The van der Waals surface area contributed by atoms with Gasteiger partial charge in [0.05, 0.1) is 6.04 Å². The highest BCUT2D eigenvalue weighted by Gasteiger charge is 2.28. The molecule has 0 aliphatic heterocycles. The molecule has 0 saturated carbocycles. The van der Waals surface area contributed by atoms with E-state index in [1.165, 1.54) is 17.0 Å². The quantitative estimate of drug-likeness (QED) is 0.584. The minimum atomic E-state index is -0.848. The number of benzene rings is 2. The van der Waals surface area contributed by atoms with Crippen LogP contribution in [0.4, 0.5) is 4.39 Å². The maximum Gasteiger partial charge on any atom is 0.240 e. The maximum atomic E-state index is 13.1. The molecule has 162 valence electrons. The minimum Gasteiger partial charge on any atom is -0.508 e. The molecule has 0 fully saturated rings. The second kappa shape index (κ2) is 10.2. The van der Waals surface area contributed by atoms with E-state index >= 15 is 0 Å². The fourth-order valence-corrected chi connectivity index (χ4v) is 3.57. The van der Waals surface area contributed by atoms with Gasteiger partial charge in [-0.3, -0.25) is 9.59 Å². The number of nitrogens with zero attached hydrogens (tertiary/aromatic N) is 1. The van der Waals surface area contributed by atoms with Crippen molar-refractivity contribution in [3.8, 4) is 5.75 Å². The van der Waals surface area contributed by atoms with Crippen LogP contribution in [0.2, 0.25) is 0 Å². The first-order valence-electron chi connectivity index (χ1n) is 9.99. The second-order valence-corrected chi connectivity index (χ2v) is 7.71. The number of hydrogen-bond acceptors (Lipinski definition) is 4. The van der Waals surface area contributed by atoms with Gasteiger partial charge < -0.3 is 21.5 Å². The summed E-state index contributed by atoms with van der Waals surface area (Å²) in [4.78, 5) is 26.2. The molecule has 2 aromatic rings. The molecule has 5 N–H and O–H groups in total. The molecule has 2 aromatic carbocycles. The lowest BCUT2D eigenvalue weighted by Crippen LogP contribution is -2.53. The average molecular weight is 416 g/mol. The van der Waals surface area contributed by atoms with Crippen LogP contribution in [0.5, 0.6) is 5.75 Å². The third kappa shape index (κ3) is 6.03. The normalized spacial score (nSPS) is 13.0. The van der Waals surface area contributed by atoms with Crippen molar-refractivity contribution in [2.24, 2.45) is 11.5 Å². The lowest BCUT2D eigenvalue weighted by atomic mass is 9.95. The number of aryl methyl sites for hydroxylation is 3. The Morgan fingerprint density at radius 1 is 1.13 bits per heavy atom. The van der Waals surface area contributed by atoms with E-state index in [2.05, 4.69) is 0 Å². The molecule has 0 radical (unpaired) electrons. The van der Waals surface area contributed by atoms with Gasteiger partial charge in [-0.25, -0.2) is 4.39 Å². The number of amides is 2. The minimum absolute atomic E-state index is 0.165. The summed E-state index contributed by atoms with van der Waals surface area (Å²) in [7, 11) is 0. The zero-order valence-corrected chi connectivity index (χ0v) is 17.7. The predicted molar refractivity (Wildman–Crippen MR) is 114 cm³/mol. The summed E-state index contributed by atoms with van der Waals surface area (Å²) in [5.74, 6) is -1.09. The van der Waals surface area contributed by atoms with E-state index < -0.39 is 18.0 Å². The van der Waals surface area contributed by atoms with Gasteiger partial charge in [0, 0.05) is 6.54 Å². The number of rotatable bonds is 9. The molecule has 2 atom stereocenters. The van der Waals surface area contributed by atoms with Crippen LogP contribution in [-0.4, -0.2) is 40.4 Å². The molecule has 0 aliphatic carbocycles. The van der Waals surface area contributed by atoms with Crippen LogP contribution in [0, 0.1) is 19.7 Å². The molecular formula is C23H30FN3O3. The summed E-state index contributed by atoms with van der Waals surface area (Å²) in [5.41, 5.74) is 15.2. The van der Waals surface area contributed by atoms with Crippen molar-refractivity contribution >= 4 is 11.8 Å². The first-order chi connectivity index (χ1) is 14.1. The SMILES string of the molecule is Cc1cc(O)cc(C)c1C[C@H](N)C(=O)N(CCCc1ccc(F)cc1)[C@H](C)C(N)=O. The molecule has 0 aromatic heterocycles. The van der Waals surface area contributed by atoms with Gasteiger partial charge in [-0.2, -0.15) is 0 Å². The Hall–Kier alpha value is -2.93. The van der Waals surface area contributed by atoms with Gasteiger partial charge in [0.2, 0.25) is 11.8 Å². The lowest BCUT2D eigenvalue weighted by Gasteiger charge is -2.30. The van der Waals surface area contributed by atoms with Gasteiger partial charge >= 0.3 is 0 Å². The van der Waals surface area contributed by atoms with Gasteiger partial charge in [0.25, 0.3) is 0 Å². The third-order valence-corrected chi connectivity index (χ3v) is 5.36. The highest BCUT2D eigenvalue weighted by molar-refractivity contribution is 5.89. The molecule has 0 bridgehead atoms. The fraction of sp³-hybridized carbons (Fsp3) is 0.391. The molecule has 7 heteroatoms. The largest absolute Gasteiger partial charge is 0.508 e. The van der Waals surface area contributed by atoms with Crippen LogP contribution in [-0.2, 0) is 22.4 Å². The van der Waals surface area contributed by atoms with Gasteiger partial charge in [-0.05, 0) is 86.6 Å². The van der Waals surface area contributed by atoms with Gasteiger partial charge in [0.15, 0.2) is 0 Å². The Kier molecular flexibility index (Phi) is 7.94. The van der Waals surface area contributed by atoms with E-state index in [1.807, 2.05) is 13.8 Å².